The minimum absolute atomic E-state index is 0.413. The average molecular weight is 253 g/mol. The van der Waals surface area contributed by atoms with Crippen LogP contribution in [0.5, 0.6) is 0 Å². The SMILES string of the molecule is CC(C)Nc1nc(C2CN3CCN2CC3)ns1. The summed E-state index contributed by atoms with van der Waals surface area (Å²) in [5.41, 5.74) is 0. The van der Waals surface area contributed by atoms with Gasteiger partial charge in [-0.3, -0.25) is 9.80 Å². The molecule has 3 saturated heterocycles. The monoisotopic (exact) mass is 253 g/mol. The first kappa shape index (κ1) is 11.4. The first-order valence-electron chi connectivity index (χ1n) is 6.29. The van der Waals surface area contributed by atoms with Crippen LogP contribution in [0.2, 0.25) is 0 Å². The van der Waals surface area contributed by atoms with Crippen molar-refractivity contribution < 1.29 is 0 Å². The maximum Gasteiger partial charge on any atom is 0.202 e. The first-order chi connectivity index (χ1) is 8.22. The quantitative estimate of drug-likeness (QED) is 0.871. The fraction of sp³-hybridized carbons (Fsp3) is 0.818. The molecule has 1 atom stereocenters. The molecule has 4 heterocycles. The van der Waals surface area contributed by atoms with Gasteiger partial charge in [-0.2, -0.15) is 4.37 Å². The molecule has 17 heavy (non-hydrogen) atoms. The number of hydrogen-bond acceptors (Lipinski definition) is 6. The summed E-state index contributed by atoms with van der Waals surface area (Å²) in [6.07, 6.45) is 0. The third-order valence-electron chi connectivity index (χ3n) is 3.43. The van der Waals surface area contributed by atoms with Crippen molar-refractivity contribution >= 4 is 16.7 Å². The van der Waals surface area contributed by atoms with E-state index >= 15 is 0 Å². The summed E-state index contributed by atoms with van der Waals surface area (Å²) in [4.78, 5) is 9.65. The molecule has 4 rings (SSSR count). The molecule has 2 bridgehead atoms. The van der Waals surface area contributed by atoms with Crippen LogP contribution in [-0.2, 0) is 0 Å². The largest absolute Gasteiger partial charge is 0.358 e. The van der Waals surface area contributed by atoms with Gasteiger partial charge in [0.25, 0.3) is 0 Å². The Bertz CT molecular complexity index is 383. The van der Waals surface area contributed by atoms with Crippen molar-refractivity contribution in [3.05, 3.63) is 5.82 Å². The van der Waals surface area contributed by atoms with Gasteiger partial charge in [-0.15, -0.1) is 0 Å². The molecular formula is C11H19N5S. The number of aromatic nitrogens is 2. The highest BCUT2D eigenvalue weighted by molar-refractivity contribution is 7.09. The van der Waals surface area contributed by atoms with Crippen molar-refractivity contribution in [2.45, 2.75) is 25.9 Å². The Hall–Kier alpha value is -0.720. The van der Waals surface area contributed by atoms with E-state index in [1.807, 2.05) is 0 Å². The van der Waals surface area contributed by atoms with Crippen LogP contribution in [0.3, 0.4) is 0 Å². The average Bonchev–Trinajstić information content (AvgIpc) is 2.78. The molecule has 0 aliphatic carbocycles. The lowest BCUT2D eigenvalue weighted by molar-refractivity contribution is 0.00918. The Morgan fingerprint density at radius 3 is 2.65 bits per heavy atom. The van der Waals surface area contributed by atoms with Crippen LogP contribution in [0.1, 0.15) is 25.7 Å². The smallest absolute Gasteiger partial charge is 0.202 e. The van der Waals surface area contributed by atoms with Crippen LogP contribution in [0, 0.1) is 0 Å². The van der Waals surface area contributed by atoms with Gasteiger partial charge in [-0.1, -0.05) is 0 Å². The second-order valence-electron chi connectivity index (χ2n) is 5.11. The molecule has 6 heteroatoms. The van der Waals surface area contributed by atoms with Gasteiger partial charge in [0, 0.05) is 50.3 Å². The fourth-order valence-corrected chi connectivity index (χ4v) is 3.30. The van der Waals surface area contributed by atoms with E-state index < -0.39 is 0 Å². The van der Waals surface area contributed by atoms with E-state index in [9.17, 15) is 0 Å². The van der Waals surface area contributed by atoms with E-state index in [2.05, 4.69) is 38.3 Å². The Morgan fingerprint density at radius 2 is 2.06 bits per heavy atom. The van der Waals surface area contributed by atoms with E-state index in [1.54, 1.807) is 0 Å². The minimum atomic E-state index is 0.413. The molecule has 0 amide bonds. The van der Waals surface area contributed by atoms with Crippen molar-refractivity contribution in [2.24, 2.45) is 0 Å². The number of nitrogens with zero attached hydrogens (tertiary/aromatic N) is 4. The number of anilines is 1. The highest BCUT2D eigenvalue weighted by Crippen LogP contribution is 2.28. The van der Waals surface area contributed by atoms with Gasteiger partial charge in [0.05, 0.1) is 6.04 Å². The van der Waals surface area contributed by atoms with Crippen molar-refractivity contribution in [3.8, 4) is 0 Å². The summed E-state index contributed by atoms with van der Waals surface area (Å²) in [5, 5.41) is 4.27. The van der Waals surface area contributed by atoms with Gasteiger partial charge in [0.15, 0.2) is 5.82 Å². The third kappa shape index (κ3) is 2.29. The highest BCUT2D eigenvalue weighted by atomic mass is 32.1. The standard InChI is InChI=1S/C11H19N5S/c1-8(2)12-11-13-10(14-17-11)9-7-15-3-5-16(9)6-4-15/h8-9H,3-7H2,1-2H3,(H,12,13,14). The van der Waals surface area contributed by atoms with Crippen LogP contribution in [-0.4, -0.2) is 57.9 Å². The van der Waals surface area contributed by atoms with Crippen molar-refractivity contribution in [1.82, 2.24) is 19.2 Å². The van der Waals surface area contributed by atoms with Gasteiger partial charge in [0.1, 0.15) is 0 Å². The molecule has 1 unspecified atom stereocenters. The summed E-state index contributed by atoms with van der Waals surface area (Å²) in [5.74, 6) is 1.00. The number of fused-ring (bicyclic) bond motifs is 3. The van der Waals surface area contributed by atoms with Gasteiger partial charge >= 0.3 is 0 Å². The zero-order valence-corrected chi connectivity index (χ0v) is 11.2. The molecule has 3 fully saturated rings. The minimum Gasteiger partial charge on any atom is -0.358 e. The first-order valence-corrected chi connectivity index (χ1v) is 7.06. The Morgan fingerprint density at radius 1 is 1.29 bits per heavy atom. The summed E-state index contributed by atoms with van der Waals surface area (Å²) in [6.45, 7) is 10.1. The molecule has 5 nitrogen and oxygen atoms in total. The van der Waals surface area contributed by atoms with Crippen LogP contribution in [0.15, 0.2) is 0 Å². The molecule has 1 aromatic rings. The van der Waals surface area contributed by atoms with Crippen LogP contribution in [0.4, 0.5) is 5.13 Å². The lowest BCUT2D eigenvalue weighted by atomic mass is 10.1. The molecule has 0 saturated carbocycles. The maximum atomic E-state index is 4.62. The van der Waals surface area contributed by atoms with Crippen LogP contribution >= 0.6 is 11.5 Å². The number of piperazine rings is 3. The topological polar surface area (TPSA) is 44.3 Å². The summed E-state index contributed by atoms with van der Waals surface area (Å²) < 4.78 is 4.51. The van der Waals surface area contributed by atoms with Gasteiger partial charge < -0.3 is 5.32 Å². The molecular weight excluding hydrogens is 234 g/mol. The number of nitrogens with one attached hydrogen (secondary N) is 1. The molecule has 0 radical (unpaired) electrons. The zero-order valence-electron chi connectivity index (χ0n) is 10.4. The van der Waals surface area contributed by atoms with Crippen LogP contribution < -0.4 is 5.32 Å². The lowest BCUT2D eigenvalue weighted by Gasteiger charge is -2.46. The second-order valence-corrected chi connectivity index (χ2v) is 5.86. The van der Waals surface area contributed by atoms with Crippen molar-refractivity contribution in [3.63, 3.8) is 0 Å². The molecule has 1 aromatic heterocycles. The maximum absolute atomic E-state index is 4.62. The second kappa shape index (κ2) is 4.51. The lowest BCUT2D eigenvalue weighted by Crippen LogP contribution is -2.57. The molecule has 94 valence electrons. The number of rotatable bonds is 3. The summed E-state index contributed by atoms with van der Waals surface area (Å²) in [7, 11) is 0. The molecule has 1 N–H and O–H groups in total. The van der Waals surface area contributed by atoms with Crippen LogP contribution in [0.25, 0.3) is 0 Å². The van der Waals surface area contributed by atoms with E-state index in [0.29, 0.717) is 12.1 Å². The van der Waals surface area contributed by atoms with Gasteiger partial charge in [0.2, 0.25) is 5.13 Å². The van der Waals surface area contributed by atoms with E-state index in [0.717, 1.165) is 30.6 Å². The predicted molar refractivity (Wildman–Crippen MR) is 69.4 cm³/mol. The van der Waals surface area contributed by atoms with Gasteiger partial charge in [-0.05, 0) is 13.8 Å². The van der Waals surface area contributed by atoms with Gasteiger partial charge in [-0.25, -0.2) is 4.98 Å². The van der Waals surface area contributed by atoms with E-state index in [1.165, 1.54) is 24.6 Å². The Labute approximate surface area is 106 Å². The van der Waals surface area contributed by atoms with E-state index in [4.69, 9.17) is 0 Å². The Kier molecular flexibility index (Phi) is 3.02. The summed E-state index contributed by atoms with van der Waals surface area (Å²) in [6, 6.07) is 0.833. The normalized spacial score (nSPS) is 32.1. The van der Waals surface area contributed by atoms with Crippen molar-refractivity contribution in [2.75, 3.05) is 38.0 Å². The molecule has 0 spiro atoms. The van der Waals surface area contributed by atoms with E-state index in [-0.39, 0.29) is 0 Å². The molecule has 3 aliphatic rings. The summed E-state index contributed by atoms with van der Waals surface area (Å²) >= 11 is 1.48. The predicted octanol–water partition coefficient (Wildman–Crippen LogP) is 1.03. The molecule has 0 aromatic carbocycles. The number of hydrogen-bond donors (Lipinski definition) is 1. The van der Waals surface area contributed by atoms with Crippen molar-refractivity contribution in [1.29, 1.82) is 0 Å². The zero-order chi connectivity index (χ0) is 11.8. The highest BCUT2D eigenvalue weighted by Gasteiger charge is 2.35. The Balaban J connectivity index is 1.73. The fourth-order valence-electron chi connectivity index (χ4n) is 2.54. The molecule has 3 aliphatic heterocycles. The third-order valence-corrected chi connectivity index (χ3v) is 4.09.